The van der Waals surface area contributed by atoms with Crippen LogP contribution in [0, 0.1) is 5.82 Å². The van der Waals surface area contributed by atoms with Crippen molar-refractivity contribution < 1.29 is 14.3 Å². The number of hydrogen-bond donors (Lipinski definition) is 2. The Hall–Kier alpha value is -2.82. The molecule has 3 rings (SSSR count). The molecular formula is C16H13FN2O2. The molecule has 1 aliphatic rings. The molecule has 5 heteroatoms. The molecule has 0 radical (unpaired) electrons. The largest absolute Gasteiger partial charge is 0.478 e. The van der Waals surface area contributed by atoms with Crippen molar-refractivity contribution in [1.29, 1.82) is 0 Å². The van der Waals surface area contributed by atoms with Gasteiger partial charge in [0.15, 0.2) is 0 Å². The van der Waals surface area contributed by atoms with Gasteiger partial charge in [-0.15, -0.1) is 0 Å². The maximum Gasteiger partial charge on any atom is 0.335 e. The van der Waals surface area contributed by atoms with E-state index in [4.69, 9.17) is 5.11 Å². The van der Waals surface area contributed by atoms with Crippen LogP contribution in [0.5, 0.6) is 0 Å². The van der Waals surface area contributed by atoms with E-state index in [0.29, 0.717) is 6.54 Å². The molecule has 0 aliphatic carbocycles. The topological polar surface area (TPSA) is 52.6 Å². The number of rotatable bonds is 3. The minimum atomic E-state index is -0.943. The predicted molar refractivity (Wildman–Crippen MR) is 78.3 cm³/mol. The molecule has 1 heterocycles. The van der Waals surface area contributed by atoms with Crippen LogP contribution in [0.1, 0.15) is 15.9 Å². The molecule has 0 atom stereocenters. The van der Waals surface area contributed by atoms with Crippen LogP contribution in [-0.4, -0.2) is 17.6 Å². The Bertz CT molecular complexity index is 693. The minimum Gasteiger partial charge on any atom is -0.478 e. The molecule has 0 fully saturated rings. The first-order valence-electron chi connectivity index (χ1n) is 6.47. The van der Waals surface area contributed by atoms with Crippen LogP contribution in [0.4, 0.5) is 10.1 Å². The fourth-order valence-electron chi connectivity index (χ4n) is 2.19. The van der Waals surface area contributed by atoms with Crippen molar-refractivity contribution in [3.63, 3.8) is 0 Å². The SMILES string of the molecule is O=C(O)c1ccc(N2CC=C(c3ccc(F)cc3)N2)cc1. The van der Waals surface area contributed by atoms with Gasteiger partial charge in [0, 0.05) is 0 Å². The molecule has 2 N–H and O–H groups in total. The number of nitrogens with one attached hydrogen (secondary N) is 1. The second-order valence-corrected chi connectivity index (χ2v) is 4.70. The smallest absolute Gasteiger partial charge is 0.335 e. The van der Waals surface area contributed by atoms with Gasteiger partial charge < -0.3 is 5.11 Å². The average Bonchev–Trinajstić information content (AvgIpc) is 2.98. The third-order valence-corrected chi connectivity index (χ3v) is 3.31. The molecule has 0 amide bonds. The van der Waals surface area contributed by atoms with E-state index in [1.54, 1.807) is 36.4 Å². The zero-order chi connectivity index (χ0) is 14.8. The van der Waals surface area contributed by atoms with Crippen molar-refractivity contribution in [3.05, 3.63) is 71.6 Å². The fraction of sp³-hybridized carbons (Fsp3) is 0.0625. The summed E-state index contributed by atoms with van der Waals surface area (Å²) in [7, 11) is 0. The number of anilines is 1. The van der Waals surface area contributed by atoms with Crippen molar-refractivity contribution in [2.45, 2.75) is 0 Å². The second kappa shape index (κ2) is 5.28. The van der Waals surface area contributed by atoms with Gasteiger partial charge in [-0.3, -0.25) is 10.4 Å². The van der Waals surface area contributed by atoms with Gasteiger partial charge in [-0.05, 0) is 60.2 Å². The zero-order valence-electron chi connectivity index (χ0n) is 11.1. The van der Waals surface area contributed by atoms with E-state index in [2.05, 4.69) is 5.43 Å². The van der Waals surface area contributed by atoms with Crippen LogP contribution < -0.4 is 10.4 Å². The molecular weight excluding hydrogens is 271 g/mol. The van der Waals surface area contributed by atoms with E-state index in [1.165, 1.54) is 12.1 Å². The van der Waals surface area contributed by atoms with Crippen molar-refractivity contribution in [3.8, 4) is 0 Å². The number of aromatic carboxylic acids is 1. The maximum absolute atomic E-state index is 12.9. The van der Waals surface area contributed by atoms with E-state index < -0.39 is 5.97 Å². The number of hydrazine groups is 1. The number of hydrogen-bond acceptors (Lipinski definition) is 3. The Balaban J connectivity index is 1.73. The van der Waals surface area contributed by atoms with Crippen LogP contribution in [0.3, 0.4) is 0 Å². The molecule has 0 aromatic heterocycles. The van der Waals surface area contributed by atoms with E-state index in [9.17, 15) is 9.18 Å². The van der Waals surface area contributed by atoms with Gasteiger partial charge in [0.1, 0.15) is 5.82 Å². The molecule has 1 aliphatic heterocycles. The molecule has 21 heavy (non-hydrogen) atoms. The molecule has 0 unspecified atom stereocenters. The normalized spacial score (nSPS) is 13.8. The summed E-state index contributed by atoms with van der Waals surface area (Å²) >= 11 is 0. The summed E-state index contributed by atoms with van der Waals surface area (Å²) in [5, 5.41) is 10.8. The van der Waals surface area contributed by atoms with E-state index in [0.717, 1.165) is 16.9 Å². The van der Waals surface area contributed by atoms with Crippen LogP contribution >= 0.6 is 0 Å². The first-order chi connectivity index (χ1) is 10.1. The molecule has 4 nitrogen and oxygen atoms in total. The number of carboxylic acid groups (broad SMARTS) is 1. The summed E-state index contributed by atoms with van der Waals surface area (Å²) in [5.41, 5.74) is 6.14. The standard InChI is InChI=1S/C16H13FN2O2/c17-13-5-1-11(2-6-13)15-9-10-19(18-15)14-7-3-12(4-8-14)16(20)21/h1-9,18H,10H2,(H,20,21). The third-order valence-electron chi connectivity index (χ3n) is 3.31. The molecule has 0 saturated heterocycles. The lowest BCUT2D eigenvalue weighted by Gasteiger charge is -2.20. The van der Waals surface area contributed by atoms with Crippen LogP contribution in [-0.2, 0) is 0 Å². The van der Waals surface area contributed by atoms with Gasteiger partial charge in [0.2, 0.25) is 0 Å². The van der Waals surface area contributed by atoms with E-state index >= 15 is 0 Å². The Morgan fingerprint density at radius 3 is 2.38 bits per heavy atom. The monoisotopic (exact) mass is 284 g/mol. The van der Waals surface area contributed by atoms with Gasteiger partial charge in [0.25, 0.3) is 0 Å². The highest BCUT2D eigenvalue weighted by Crippen LogP contribution is 2.22. The number of carbonyl (C=O) groups is 1. The molecule has 0 spiro atoms. The second-order valence-electron chi connectivity index (χ2n) is 4.70. The average molecular weight is 284 g/mol. The highest BCUT2D eigenvalue weighted by Gasteiger charge is 2.15. The first kappa shape index (κ1) is 13.2. The van der Waals surface area contributed by atoms with Crippen LogP contribution in [0.15, 0.2) is 54.6 Å². The summed E-state index contributed by atoms with van der Waals surface area (Å²) in [6.07, 6.45) is 2.00. The summed E-state index contributed by atoms with van der Waals surface area (Å²) in [5.74, 6) is -1.21. The quantitative estimate of drug-likeness (QED) is 0.910. The number of benzene rings is 2. The number of carboxylic acids is 1. The summed E-state index contributed by atoms with van der Waals surface area (Å²) in [6.45, 7) is 0.652. The Morgan fingerprint density at radius 1 is 1.10 bits per heavy atom. The van der Waals surface area contributed by atoms with Crippen LogP contribution in [0.2, 0.25) is 0 Å². The molecule has 2 aromatic carbocycles. The molecule has 0 bridgehead atoms. The van der Waals surface area contributed by atoms with Gasteiger partial charge in [-0.2, -0.15) is 0 Å². The van der Waals surface area contributed by atoms with Crippen molar-refractivity contribution >= 4 is 17.4 Å². The first-order valence-corrected chi connectivity index (χ1v) is 6.47. The van der Waals surface area contributed by atoms with Gasteiger partial charge >= 0.3 is 5.97 Å². The van der Waals surface area contributed by atoms with Crippen molar-refractivity contribution in [2.75, 3.05) is 11.6 Å². The summed E-state index contributed by atoms with van der Waals surface area (Å²) in [4.78, 5) is 10.8. The Kier molecular flexibility index (Phi) is 3.31. The van der Waals surface area contributed by atoms with E-state index in [1.807, 2.05) is 11.1 Å². The fourth-order valence-corrected chi connectivity index (χ4v) is 2.19. The third kappa shape index (κ3) is 2.72. The maximum atomic E-state index is 12.9. The van der Waals surface area contributed by atoms with Gasteiger partial charge in [-0.1, -0.05) is 0 Å². The highest BCUT2D eigenvalue weighted by atomic mass is 19.1. The van der Waals surface area contributed by atoms with Gasteiger partial charge in [-0.25, -0.2) is 9.18 Å². The van der Waals surface area contributed by atoms with Crippen molar-refractivity contribution in [1.82, 2.24) is 5.43 Å². The lowest BCUT2D eigenvalue weighted by molar-refractivity contribution is 0.0697. The number of nitrogens with zero attached hydrogens (tertiary/aromatic N) is 1. The van der Waals surface area contributed by atoms with Crippen LogP contribution in [0.25, 0.3) is 5.70 Å². The van der Waals surface area contributed by atoms with Gasteiger partial charge in [0.05, 0.1) is 23.5 Å². The molecule has 2 aromatic rings. The zero-order valence-corrected chi connectivity index (χ0v) is 11.1. The lowest BCUT2D eigenvalue weighted by atomic mass is 10.1. The van der Waals surface area contributed by atoms with E-state index in [-0.39, 0.29) is 11.4 Å². The predicted octanol–water partition coefficient (Wildman–Crippen LogP) is 2.89. The number of halogens is 1. The Labute approximate surface area is 121 Å². The Morgan fingerprint density at radius 2 is 1.76 bits per heavy atom. The highest BCUT2D eigenvalue weighted by molar-refractivity contribution is 5.88. The molecule has 0 saturated carbocycles. The molecule has 106 valence electrons. The summed E-state index contributed by atoms with van der Waals surface area (Å²) < 4.78 is 12.9. The summed E-state index contributed by atoms with van der Waals surface area (Å²) in [6, 6.07) is 12.9. The lowest BCUT2D eigenvalue weighted by Crippen LogP contribution is -2.31. The van der Waals surface area contributed by atoms with Crippen molar-refractivity contribution in [2.24, 2.45) is 0 Å². The minimum absolute atomic E-state index is 0.254.